The molecule has 104 valence electrons. The zero-order valence-corrected chi connectivity index (χ0v) is 11.8. The highest BCUT2D eigenvalue weighted by Gasteiger charge is 2.34. The summed E-state index contributed by atoms with van der Waals surface area (Å²) in [5.74, 6) is -0.265. The lowest BCUT2D eigenvalue weighted by molar-refractivity contribution is -0.157. The second-order valence-corrected chi connectivity index (χ2v) is 5.35. The molecular formula is C16H23NO2. The first kappa shape index (κ1) is 14.1. The lowest BCUT2D eigenvalue weighted by Crippen LogP contribution is -2.48. The molecule has 0 radical (unpaired) electrons. The van der Waals surface area contributed by atoms with Crippen molar-refractivity contribution in [1.82, 2.24) is 0 Å². The zero-order chi connectivity index (χ0) is 13.9. The number of hydrogen-bond acceptors (Lipinski definition) is 3. The second kappa shape index (κ2) is 5.74. The van der Waals surface area contributed by atoms with E-state index in [-0.39, 0.29) is 12.1 Å². The molecule has 1 atom stereocenters. The Morgan fingerprint density at radius 2 is 2.05 bits per heavy atom. The number of aryl methyl sites for hydroxylation is 1. The molecule has 2 rings (SSSR count). The van der Waals surface area contributed by atoms with Crippen LogP contribution in [0.25, 0.3) is 0 Å². The molecule has 1 aliphatic rings. The first-order valence-electron chi connectivity index (χ1n) is 7.18. The molecule has 0 saturated carbocycles. The zero-order valence-electron chi connectivity index (χ0n) is 11.8. The van der Waals surface area contributed by atoms with E-state index in [0.29, 0.717) is 12.8 Å². The molecule has 0 heterocycles. The molecule has 0 bridgehead atoms. The number of fused-ring (bicyclic) bond motifs is 1. The third-order valence-electron chi connectivity index (χ3n) is 4.23. The number of esters is 1. The molecule has 1 aromatic carbocycles. The lowest BCUT2D eigenvalue weighted by Gasteiger charge is -2.30. The van der Waals surface area contributed by atoms with E-state index in [4.69, 9.17) is 10.5 Å². The molecular weight excluding hydrogens is 238 g/mol. The Morgan fingerprint density at radius 3 is 2.74 bits per heavy atom. The lowest BCUT2D eigenvalue weighted by atomic mass is 9.89. The minimum Gasteiger partial charge on any atom is -0.456 e. The van der Waals surface area contributed by atoms with E-state index >= 15 is 0 Å². The van der Waals surface area contributed by atoms with Crippen molar-refractivity contribution in [2.45, 2.75) is 57.6 Å². The first-order valence-corrected chi connectivity index (χ1v) is 7.18. The van der Waals surface area contributed by atoms with Gasteiger partial charge in [-0.25, -0.2) is 0 Å². The molecule has 0 amide bonds. The molecule has 1 unspecified atom stereocenters. The highest BCUT2D eigenvalue weighted by molar-refractivity contribution is 5.80. The van der Waals surface area contributed by atoms with Crippen LogP contribution in [0.3, 0.4) is 0 Å². The molecule has 0 aromatic heterocycles. The van der Waals surface area contributed by atoms with E-state index < -0.39 is 5.54 Å². The molecule has 1 aromatic rings. The van der Waals surface area contributed by atoms with Crippen LogP contribution in [-0.4, -0.2) is 11.5 Å². The average Bonchev–Trinajstić information content (AvgIpc) is 2.46. The monoisotopic (exact) mass is 261 g/mol. The van der Waals surface area contributed by atoms with E-state index in [1.54, 1.807) is 0 Å². The van der Waals surface area contributed by atoms with Crippen LogP contribution in [0.5, 0.6) is 0 Å². The Bertz CT molecular complexity index is 452. The van der Waals surface area contributed by atoms with Gasteiger partial charge in [0, 0.05) is 0 Å². The maximum Gasteiger partial charge on any atom is 0.326 e. The fraction of sp³-hybridized carbons (Fsp3) is 0.562. The molecule has 0 aliphatic heterocycles. The highest BCUT2D eigenvalue weighted by atomic mass is 16.5. The SMILES string of the molecule is CCC(N)(CC)C(=O)OC1CCCc2ccccc21. The number of carbonyl (C=O) groups is 1. The average molecular weight is 261 g/mol. The Morgan fingerprint density at radius 1 is 1.37 bits per heavy atom. The largest absolute Gasteiger partial charge is 0.456 e. The molecule has 0 saturated heterocycles. The fourth-order valence-corrected chi connectivity index (χ4v) is 2.62. The Labute approximate surface area is 115 Å². The van der Waals surface area contributed by atoms with E-state index in [2.05, 4.69) is 12.1 Å². The number of rotatable bonds is 4. The van der Waals surface area contributed by atoms with Crippen LogP contribution in [0.2, 0.25) is 0 Å². The van der Waals surface area contributed by atoms with E-state index in [1.807, 2.05) is 26.0 Å². The van der Waals surface area contributed by atoms with Crippen LogP contribution in [0, 0.1) is 0 Å². The fourth-order valence-electron chi connectivity index (χ4n) is 2.62. The summed E-state index contributed by atoms with van der Waals surface area (Å²) in [5, 5.41) is 0. The Balaban J connectivity index is 2.15. The van der Waals surface area contributed by atoms with Gasteiger partial charge < -0.3 is 10.5 Å². The van der Waals surface area contributed by atoms with Crippen molar-refractivity contribution in [3.63, 3.8) is 0 Å². The Hall–Kier alpha value is -1.35. The Kier molecular flexibility index (Phi) is 4.25. The topological polar surface area (TPSA) is 52.3 Å². The normalized spacial score (nSPS) is 18.8. The van der Waals surface area contributed by atoms with E-state index in [0.717, 1.165) is 24.8 Å². The number of benzene rings is 1. The van der Waals surface area contributed by atoms with Crippen LogP contribution in [0.1, 0.15) is 56.8 Å². The quantitative estimate of drug-likeness (QED) is 0.847. The summed E-state index contributed by atoms with van der Waals surface area (Å²) >= 11 is 0. The van der Waals surface area contributed by atoms with Crippen molar-refractivity contribution in [2.24, 2.45) is 5.73 Å². The molecule has 3 heteroatoms. The summed E-state index contributed by atoms with van der Waals surface area (Å²) in [6, 6.07) is 8.21. The van der Waals surface area contributed by atoms with Crippen molar-refractivity contribution in [1.29, 1.82) is 0 Å². The summed E-state index contributed by atoms with van der Waals surface area (Å²) < 4.78 is 5.70. The highest BCUT2D eigenvalue weighted by Crippen LogP contribution is 2.33. The maximum atomic E-state index is 12.3. The minimum absolute atomic E-state index is 0.126. The van der Waals surface area contributed by atoms with Gasteiger partial charge in [0.1, 0.15) is 11.6 Å². The van der Waals surface area contributed by atoms with Gasteiger partial charge in [-0.15, -0.1) is 0 Å². The summed E-state index contributed by atoms with van der Waals surface area (Å²) in [6.07, 6.45) is 4.11. The molecule has 2 N–H and O–H groups in total. The van der Waals surface area contributed by atoms with Crippen molar-refractivity contribution >= 4 is 5.97 Å². The van der Waals surface area contributed by atoms with Gasteiger partial charge in [-0.3, -0.25) is 4.79 Å². The molecule has 0 fully saturated rings. The van der Waals surface area contributed by atoms with Crippen LogP contribution in [-0.2, 0) is 16.0 Å². The number of carbonyl (C=O) groups excluding carboxylic acids is 1. The molecule has 3 nitrogen and oxygen atoms in total. The van der Waals surface area contributed by atoms with Gasteiger partial charge in [-0.1, -0.05) is 38.1 Å². The molecule has 0 spiro atoms. The van der Waals surface area contributed by atoms with Gasteiger partial charge in [0.2, 0.25) is 0 Å². The first-order chi connectivity index (χ1) is 9.10. The maximum absolute atomic E-state index is 12.3. The van der Waals surface area contributed by atoms with Crippen molar-refractivity contribution in [2.75, 3.05) is 0 Å². The second-order valence-electron chi connectivity index (χ2n) is 5.35. The number of ether oxygens (including phenoxy) is 1. The minimum atomic E-state index is -0.841. The summed E-state index contributed by atoms with van der Waals surface area (Å²) in [4.78, 5) is 12.3. The number of nitrogens with two attached hydrogens (primary N) is 1. The van der Waals surface area contributed by atoms with Crippen molar-refractivity contribution < 1.29 is 9.53 Å². The predicted octanol–water partition coefficient (Wildman–Crippen LogP) is 3.12. The van der Waals surface area contributed by atoms with Crippen molar-refractivity contribution in [3.05, 3.63) is 35.4 Å². The van der Waals surface area contributed by atoms with Gasteiger partial charge in [0.15, 0.2) is 0 Å². The number of hydrogen-bond donors (Lipinski definition) is 1. The smallest absolute Gasteiger partial charge is 0.326 e. The van der Waals surface area contributed by atoms with Crippen LogP contribution in [0.4, 0.5) is 0 Å². The van der Waals surface area contributed by atoms with E-state index in [1.165, 1.54) is 5.56 Å². The van der Waals surface area contributed by atoms with Gasteiger partial charge in [0.05, 0.1) is 0 Å². The van der Waals surface area contributed by atoms with Gasteiger partial charge in [-0.05, 0) is 43.2 Å². The molecule has 19 heavy (non-hydrogen) atoms. The van der Waals surface area contributed by atoms with Crippen molar-refractivity contribution in [3.8, 4) is 0 Å². The van der Waals surface area contributed by atoms with Crippen LogP contribution >= 0.6 is 0 Å². The van der Waals surface area contributed by atoms with Crippen LogP contribution < -0.4 is 5.73 Å². The van der Waals surface area contributed by atoms with Gasteiger partial charge >= 0.3 is 5.97 Å². The summed E-state index contributed by atoms with van der Waals surface area (Å²) in [6.45, 7) is 3.86. The van der Waals surface area contributed by atoms with E-state index in [9.17, 15) is 4.79 Å². The summed E-state index contributed by atoms with van der Waals surface area (Å²) in [5.41, 5.74) is 7.71. The van der Waals surface area contributed by atoms with Crippen LogP contribution in [0.15, 0.2) is 24.3 Å². The standard InChI is InChI=1S/C16H23NO2/c1-3-16(17,4-2)15(18)19-14-11-7-9-12-8-5-6-10-13(12)14/h5-6,8,10,14H,3-4,7,9,11,17H2,1-2H3. The predicted molar refractivity (Wildman–Crippen MR) is 75.7 cm³/mol. The molecule has 1 aliphatic carbocycles. The third-order valence-corrected chi connectivity index (χ3v) is 4.23. The summed E-state index contributed by atoms with van der Waals surface area (Å²) in [7, 11) is 0. The van der Waals surface area contributed by atoms with Gasteiger partial charge in [-0.2, -0.15) is 0 Å². The third kappa shape index (κ3) is 2.81. The van der Waals surface area contributed by atoms with Gasteiger partial charge in [0.25, 0.3) is 0 Å².